The number of piperidine rings is 1. The Kier molecular flexibility index (Phi) is 6.90. The third-order valence-electron chi connectivity index (χ3n) is 4.59. The lowest BCUT2D eigenvalue weighted by Crippen LogP contribution is -2.44. The largest absolute Gasteiger partial charge is 0.490 e. The van der Waals surface area contributed by atoms with Crippen LogP contribution in [-0.2, 0) is 0 Å². The Labute approximate surface area is 151 Å². The van der Waals surface area contributed by atoms with Crippen molar-refractivity contribution in [1.29, 1.82) is 0 Å². The maximum Gasteiger partial charge on any atom is 0.127 e. The molecule has 0 saturated carbocycles. The van der Waals surface area contributed by atoms with E-state index in [-0.39, 0.29) is 12.4 Å². The molecule has 0 amide bonds. The molecule has 2 aromatic carbocycles. The smallest absolute Gasteiger partial charge is 0.127 e. The molecule has 3 nitrogen and oxygen atoms in total. The fourth-order valence-electron chi connectivity index (χ4n) is 3.80. The van der Waals surface area contributed by atoms with E-state index < -0.39 is 6.10 Å². The summed E-state index contributed by atoms with van der Waals surface area (Å²) in [6.07, 6.45) is 0.838. The normalized spacial score (nSPS) is 22.8. The molecule has 0 spiro atoms. The van der Waals surface area contributed by atoms with Crippen molar-refractivity contribution in [3.8, 4) is 5.75 Å². The van der Waals surface area contributed by atoms with E-state index in [0.717, 1.165) is 29.6 Å². The number of ether oxygens (including phenoxy) is 1. The summed E-state index contributed by atoms with van der Waals surface area (Å²) < 4.78 is 5.90. The van der Waals surface area contributed by atoms with Crippen molar-refractivity contribution >= 4 is 23.2 Å². The Balaban J connectivity index is 0.00000208. The van der Waals surface area contributed by atoms with Gasteiger partial charge in [0.05, 0.1) is 0 Å². The number of likely N-dealkylation sites (tertiary alicyclic amines) is 1. The molecule has 1 fully saturated rings. The van der Waals surface area contributed by atoms with E-state index in [1.807, 2.05) is 24.3 Å². The van der Waals surface area contributed by atoms with Gasteiger partial charge in [0.1, 0.15) is 18.5 Å². The number of hydrogen-bond acceptors (Lipinski definition) is 3. The summed E-state index contributed by atoms with van der Waals surface area (Å²) in [5.41, 5.74) is 0. The number of hydrogen-bond donors (Lipinski definition) is 1. The van der Waals surface area contributed by atoms with Gasteiger partial charge in [-0.1, -0.05) is 50.2 Å². The third-order valence-corrected chi connectivity index (χ3v) is 4.59. The first-order valence-electron chi connectivity index (χ1n) is 8.63. The van der Waals surface area contributed by atoms with Crippen LogP contribution in [-0.4, -0.2) is 42.4 Å². The predicted molar refractivity (Wildman–Crippen MR) is 102 cm³/mol. The molecule has 4 heteroatoms. The van der Waals surface area contributed by atoms with E-state index in [0.29, 0.717) is 25.0 Å². The number of rotatable bonds is 5. The molecular weight excluding hydrogens is 322 g/mol. The van der Waals surface area contributed by atoms with Crippen molar-refractivity contribution in [3.05, 3.63) is 42.5 Å². The van der Waals surface area contributed by atoms with Crippen molar-refractivity contribution in [2.45, 2.75) is 26.4 Å². The van der Waals surface area contributed by atoms with Gasteiger partial charge in [0.15, 0.2) is 0 Å². The summed E-state index contributed by atoms with van der Waals surface area (Å²) in [7, 11) is 0. The Morgan fingerprint density at radius 2 is 1.75 bits per heavy atom. The minimum Gasteiger partial charge on any atom is -0.490 e. The highest BCUT2D eigenvalue weighted by atomic mass is 35.5. The summed E-state index contributed by atoms with van der Waals surface area (Å²) in [6, 6.07) is 14.2. The number of fused-ring (bicyclic) bond motifs is 1. The van der Waals surface area contributed by atoms with Crippen LogP contribution in [0.1, 0.15) is 20.3 Å². The van der Waals surface area contributed by atoms with Gasteiger partial charge >= 0.3 is 0 Å². The molecule has 24 heavy (non-hydrogen) atoms. The second-order valence-electron chi connectivity index (χ2n) is 7.11. The van der Waals surface area contributed by atoms with E-state index in [2.05, 4.69) is 36.9 Å². The summed E-state index contributed by atoms with van der Waals surface area (Å²) >= 11 is 0. The topological polar surface area (TPSA) is 32.7 Å². The Morgan fingerprint density at radius 3 is 2.50 bits per heavy atom. The monoisotopic (exact) mass is 349 g/mol. The Bertz CT molecular complexity index is 633. The van der Waals surface area contributed by atoms with Gasteiger partial charge in [0.25, 0.3) is 0 Å². The summed E-state index contributed by atoms with van der Waals surface area (Å²) in [5.74, 6) is 2.28. The number of aliphatic hydroxyl groups is 1. The van der Waals surface area contributed by atoms with Gasteiger partial charge in [-0.05, 0) is 29.7 Å². The van der Waals surface area contributed by atoms with Crippen LogP contribution >= 0.6 is 12.4 Å². The lowest BCUT2D eigenvalue weighted by molar-refractivity contribution is 0.0432. The van der Waals surface area contributed by atoms with Crippen LogP contribution in [0.4, 0.5) is 0 Å². The lowest BCUT2D eigenvalue weighted by Gasteiger charge is -2.35. The molecule has 1 heterocycles. The molecule has 3 unspecified atom stereocenters. The molecule has 1 aliphatic rings. The Hall–Kier alpha value is -1.29. The first kappa shape index (κ1) is 19.0. The van der Waals surface area contributed by atoms with Crippen LogP contribution in [0.3, 0.4) is 0 Å². The summed E-state index contributed by atoms with van der Waals surface area (Å²) in [6.45, 7) is 7.78. The fourth-order valence-corrected chi connectivity index (χ4v) is 3.80. The average Bonchev–Trinajstić information content (AvgIpc) is 2.52. The van der Waals surface area contributed by atoms with Crippen LogP contribution < -0.4 is 4.74 Å². The van der Waals surface area contributed by atoms with Crippen LogP contribution in [0.2, 0.25) is 0 Å². The second kappa shape index (κ2) is 8.70. The molecule has 0 bridgehead atoms. The quantitative estimate of drug-likeness (QED) is 0.886. The molecule has 1 saturated heterocycles. The van der Waals surface area contributed by atoms with Crippen molar-refractivity contribution in [2.75, 3.05) is 26.2 Å². The number of halogens is 1. The minimum atomic E-state index is -0.452. The highest BCUT2D eigenvalue weighted by molar-refractivity contribution is 5.88. The van der Waals surface area contributed by atoms with Crippen LogP contribution in [0.15, 0.2) is 42.5 Å². The summed E-state index contributed by atoms with van der Waals surface area (Å²) in [5, 5.41) is 12.6. The zero-order chi connectivity index (χ0) is 16.2. The maximum atomic E-state index is 10.3. The van der Waals surface area contributed by atoms with Crippen LogP contribution in [0.5, 0.6) is 5.75 Å². The zero-order valence-corrected chi connectivity index (χ0v) is 15.3. The van der Waals surface area contributed by atoms with E-state index in [1.54, 1.807) is 0 Å². The van der Waals surface area contributed by atoms with Gasteiger partial charge in [0, 0.05) is 25.0 Å². The number of benzene rings is 2. The maximum absolute atomic E-state index is 10.3. The van der Waals surface area contributed by atoms with E-state index in [4.69, 9.17) is 4.74 Å². The second-order valence-corrected chi connectivity index (χ2v) is 7.11. The van der Waals surface area contributed by atoms with Gasteiger partial charge in [-0.3, -0.25) is 0 Å². The van der Waals surface area contributed by atoms with Gasteiger partial charge < -0.3 is 14.7 Å². The highest BCUT2D eigenvalue weighted by Crippen LogP contribution is 2.25. The van der Waals surface area contributed by atoms with Gasteiger partial charge in [0.2, 0.25) is 0 Å². The van der Waals surface area contributed by atoms with Crippen molar-refractivity contribution < 1.29 is 9.84 Å². The highest BCUT2D eigenvalue weighted by Gasteiger charge is 2.23. The molecule has 132 valence electrons. The van der Waals surface area contributed by atoms with Crippen molar-refractivity contribution in [1.82, 2.24) is 4.90 Å². The molecule has 2 aromatic rings. The fraction of sp³-hybridized carbons (Fsp3) is 0.500. The number of nitrogens with zero attached hydrogens (tertiary/aromatic N) is 1. The van der Waals surface area contributed by atoms with E-state index in [1.165, 1.54) is 6.42 Å². The molecule has 3 rings (SSSR count). The molecule has 1 N–H and O–H groups in total. The number of aliphatic hydroxyl groups excluding tert-OH is 1. The number of β-amino-alcohol motifs (C(OH)–C–C–N with tert-alkyl or cyclic N) is 1. The zero-order valence-electron chi connectivity index (χ0n) is 14.5. The van der Waals surface area contributed by atoms with Crippen molar-refractivity contribution in [2.24, 2.45) is 11.8 Å². The van der Waals surface area contributed by atoms with Gasteiger partial charge in [-0.2, -0.15) is 0 Å². The summed E-state index contributed by atoms with van der Waals surface area (Å²) in [4.78, 5) is 2.37. The molecule has 0 aromatic heterocycles. The third kappa shape index (κ3) is 4.85. The molecule has 0 radical (unpaired) electrons. The van der Waals surface area contributed by atoms with E-state index in [9.17, 15) is 5.11 Å². The predicted octanol–water partition coefficient (Wildman–Crippen LogP) is 3.98. The molecule has 1 aliphatic heterocycles. The average molecular weight is 350 g/mol. The van der Waals surface area contributed by atoms with Crippen LogP contribution in [0.25, 0.3) is 10.8 Å². The standard InChI is InChI=1S/C20H27NO2.ClH/c1-15-10-16(2)12-21(11-15)13-18(22)14-23-20-9-5-7-17-6-3-4-8-19(17)20;/h3-9,15-16,18,22H,10-14H2,1-2H3;1H. The molecule has 3 atom stereocenters. The van der Waals surface area contributed by atoms with Crippen LogP contribution in [0, 0.1) is 11.8 Å². The molecular formula is C20H28ClNO2. The lowest BCUT2D eigenvalue weighted by atomic mass is 9.92. The molecule has 0 aliphatic carbocycles. The minimum absolute atomic E-state index is 0. The van der Waals surface area contributed by atoms with Gasteiger partial charge in [-0.25, -0.2) is 0 Å². The Morgan fingerprint density at radius 1 is 1.08 bits per heavy atom. The van der Waals surface area contributed by atoms with E-state index >= 15 is 0 Å². The SMILES string of the molecule is CC1CC(C)CN(CC(O)COc2cccc3ccccc23)C1.Cl. The first-order valence-corrected chi connectivity index (χ1v) is 8.63. The van der Waals surface area contributed by atoms with Gasteiger partial charge in [-0.15, -0.1) is 12.4 Å². The van der Waals surface area contributed by atoms with Crippen molar-refractivity contribution in [3.63, 3.8) is 0 Å². The first-order chi connectivity index (χ1) is 11.1.